The molecule has 0 radical (unpaired) electrons. The van der Waals surface area contributed by atoms with Gasteiger partial charge in [0.25, 0.3) is 0 Å². The van der Waals surface area contributed by atoms with Crippen molar-refractivity contribution >= 4 is 24.3 Å². The van der Waals surface area contributed by atoms with E-state index >= 15 is 0 Å². The third-order valence-electron chi connectivity index (χ3n) is 5.21. The van der Waals surface area contributed by atoms with Crippen molar-refractivity contribution in [2.24, 2.45) is 0 Å². The highest BCUT2D eigenvalue weighted by molar-refractivity contribution is 5.71. The molecule has 0 aliphatic carbocycles. The third kappa shape index (κ3) is 6.17. The Hall–Kier alpha value is -3.14. The standard InChI is InChI=1S/C27H27F3N/c1-19-8-10-23(21(3)16-19)12-14-25-6-5-7-26(31(25)18-27(28,29)30)15-13-24-11-9-20(2)17-22(24)4/h5-17H,18H2,1-4H3/q+1/b14-12+,15-13+. The van der Waals surface area contributed by atoms with Gasteiger partial charge in [-0.15, -0.1) is 0 Å². The average molecular weight is 423 g/mol. The molecule has 1 aromatic heterocycles. The minimum absolute atomic E-state index is 0.500. The van der Waals surface area contributed by atoms with Crippen LogP contribution in [-0.2, 0) is 6.54 Å². The van der Waals surface area contributed by atoms with Crippen LogP contribution in [-0.4, -0.2) is 6.18 Å². The largest absolute Gasteiger partial charge is 0.448 e. The minimum atomic E-state index is -4.32. The number of aromatic nitrogens is 1. The van der Waals surface area contributed by atoms with Crippen LogP contribution in [0.25, 0.3) is 24.3 Å². The van der Waals surface area contributed by atoms with E-state index < -0.39 is 12.7 Å². The summed E-state index contributed by atoms with van der Waals surface area (Å²) in [4.78, 5) is 0. The molecule has 4 heteroatoms. The first-order valence-corrected chi connectivity index (χ1v) is 10.2. The van der Waals surface area contributed by atoms with Gasteiger partial charge in [-0.1, -0.05) is 47.5 Å². The zero-order valence-corrected chi connectivity index (χ0v) is 18.3. The van der Waals surface area contributed by atoms with Crippen molar-refractivity contribution in [2.45, 2.75) is 40.4 Å². The fourth-order valence-electron chi connectivity index (χ4n) is 3.60. The Labute approximate surface area is 182 Å². The van der Waals surface area contributed by atoms with E-state index in [2.05, 4.69) is 12.1 Å². The fraction of sp³-hybridized carbons (Fsp3) is 0.222. The van der Waals surface area contributed by atoms with Crippen molar-refractivity contribution in [1.82, 2.24) is 0 Å². The van der Waals surface area contributed by atoms with Crippen molar-refractivity contribution in [3.63, 3.8) is 0 Å². The summed E-state index contributed by atoms with van der Waals surface area (Å²) < 4.78 is 41.4. The van der Waals surface area contributed by atoms with Gasteiger partial charge in [0.15, 0.2) is 0 Å². The molecule has 0 fully saturated rings. The molecule has 160 valence electrons. The predicted molar refractivity (Wildman–Crippen MR) is 122 cm³/mol. The smallest absolute Gasteiger partial charge is 0.183 e. The maximum Gasteiger partial charge on any atom is 0.448 e. The molecule has 1 heterocycles. The molecule has 1 nitrogen and oxygen atoms in total. The summed E-state index contributed by atoms with van der Waals surface area (Å²) in [5, 5.41) is 0. The van der Waals surface area contributed by atoms with E-state index in [1.807, 2.05) is 64.1 Å². The Morgan fingerprint density at radius 2 is 1.13 bits per heavy atom. The molecular formula is C27H27F3N+. The fourth-order valence-corrected chi connectivity index (χ4v) is 3.60. The van der Waals surface area contributed by atoms with Gasteiger partial charge in [-0.05, 0) is 68.2 Å². The van der Waals surface area contributed by atoms with Gasteiger partial charge in [-0.3, -0.25) is 0 Å². The molecule has 0 unspecified atom stereocenters. The summed E-state index contributed by atoms with van der Waals surface area (Å²) >= 11 is 0. The van der Waals surface area contributed by atoms with Gasteiger partial charge >= 0.3 is 6.18 Å². The average Bonchev–Trinajstić information content (AvgIpc) is 2.67. The highest BCUT2D eigenvalue weighted by atomic mass is 19.4. The number of halogens is 3. The van der Waals surface area contributed by atoms with Crippen molar-refractivity contribution in [2.75, 3.05) is 0 Å². The van der Waals surface area contributed by atoms with Crippen molar-refractivity contribution < 1.29 is 17.7 Å². The van der Waals surface area contributed by atoms with Crippen LogP contribution in [0.4, 0.5) is 13.2 Å². The van der Waals surface area contributed by atoms with Crippen molar-refractivity contribution in [3.05, 3.63) is 99.4 Å². The molecular weight excluding hydrogens is 395 g/mol. The summed E-state index contributed by atoms with van der Waals surface area (Å²) in [5.41, 5.74) is 7.45. The van der Waals surface area contributed by atoms with Crippen LogP contribution in [0.1, 0.15) is 44.8 Å². The Kier molecular flexibility index (Phi) is 6.79. The zero-order valence-electron chi connectivity index (χ0n) is 18.3. The number of hydrogen-bond donors (Lipinski definition) is 0. The molecule has 0 bridgehead atoms. The number of rotatable bonds is 5. The first kappa shape index (κ1) is 22.5. The minimum Gasteiger partial charge on any atom is -0.183 e. The van der Waals surface area contributed by atoms with Gasteiger partial charge in [-0.2, -0.15) is 17.7 Å². The Balaban J connectivity index is 2.01. The molecule has 0 N–H and O–H groups in total. The summed E-state index contributed by atoms with van der Waals surface area (Å²) in [7, 11) is 0. The van der Waals surface area contributed by atoms with Gasteiger partial charge in [0.2, 0.25) is 17.9 Å². The van der Waals surface area contributed by atoms with Crippen LogP contribution in [0, 0.1) is 27.7 Å². The lowest BCUT2D eigenvalue weighted by Gasteiger charge is -2.08. The molecule has 3 rings (SSSR count). The monoisotopic (exact) mass is 422 g/mol. The van der Waals surface area contributed by atoms with E-state index in [1.165, 1.54) is 4.57 Å². The lowest BCUT2D eigenvalue weighted by atomic mass is 10.0. The van der Waals surface area contributed by atoms with Gasteiger partial charge in [0.1, 0.15) is 0 Å². The second-order valence-electron chi connectivity index (χ2n) is 7.96. The van der Waals surface area contributed by atoms with Crippen LogP contribution < -0.4 is 4.57 Å². The lowest BCUT2D eigenvalue weighted by Crippen LogP contribution is -2.46. The topological polar surface area (TPSA) is 3.88 Å². The van der Waals surface area contributed by atoms with Gasteiger partial charge in [0, 0.05) is 24.3 Å². The summed E-state index contributed by atoms with van der Waals surface area (Å²) in [6.07, 6.45) is 2.91. The van der Waals surface area contributed by atoms with Crippen LogP contribution in [0.5, 0.6) is 0 Å². The van der Waals surface area contributed by atoms with E-state index in [9.17, 15) is 13.2 Å². The van der Waals surface area contributed by atoms with E-state index in [0.717, 1.165) is 33.4 Å². The number of aryl methyl sites for hydroxylation is 4. The van der Waals surface area contributed by atoms with Gasteiger partial charge < -0.3 is 0 Å². The molecule has 0 amide bonds. The molecule has 2 aromatic carbocycles. The normalized spacial score (nSPS) is 12.2. The Morgan fingerprint density at radius 1 is 0.677 bits per heavy atom. The van der Waals surface area contributed by atoms with Gasteiger partial charge in [-0.25, -0.2) is 0 Å². The summed E-state index contributed by atoms with van der Waals surface area (Å²) in [5.74, 6) is 0. The molecule has 0 aliphatic rings. The maximum absolute atomic E-state index is 13.4. The van der Waals surface area contributed by atoms with Crippen molar-refractivity contribution in [1.29, 1.82) is 0 Å². The molecule has 0 atom stereocenters. The number of pyridine rings is 1. The molecule has 0 spiro atoms. The number of nitrogens with zero attached hydrogens (tertiary/aromatic N) is 1. The molecule has 0 saturated heterocycles. The predicted octanol–water partition coefficient (Wildman–Crippen LogP) is 7.11. The Bertz CT molecular complexity index is 1060. The quantitative estimate of drug-likeness (QED) is 0.386. The molecule has 0 saturated carbocycles. The second kappa shape index (κ2) is 9.34. The van der Waals surface area contributed by atoms with E-state index in [1.54, 1.807) is 30.4 Å². The number of benzene rings is 2. The van der Waals surface area contributed by atoms with Crippen molar-refractivity contribution in [3.8, 4) is 0 Å². The van der Waals surface area contributed by atoms with Crippen LogP contribution in [0.15, 0.2) is 54.6 Å². The summed E-state index contributed by atoms with van der Waals surface area (Å²) in [6, 6.07) is 17.3. The number of alkyl halides is 3. The highest BCUT2D eigenvalue weighted by Crippen LogP contribution is 2.19. The lowest BCUT2D eigenvalue weighted by molar-refractivity contribution is -0.722. The third-order valence-corrected chi connectivity index (χ3v) is 5.21. The number of hydrogen-bond acceptors (Lipinski definition) is 0. The SMILES string of the molecule is Cc1ccc(/C=C/c2cccc(/C=C/c3ccc(C)cc3C)[n+]2CC(F)(F)F)c(C)c1. The zero-order chi connectivity index (χ0) is 22.6. The maximum atomic E-state index is 13.4. The molecule has 0 aliphatic heterocycles. The first-order chi connectivity index (χ1) is 14.6. The van der Waals surface area contributed by atoms with E-state index in [0.29, 0.717) is 11.4 Å². The summed E-state index contributed by atoms with van der Waals surface area (Å²) in [6.45, 7) is 6.98. The van der Waals surface area contributed by atoms with E-state index in [4.69, 9.17) is 0 Å². The second-order valence-corrected chi connectivity index (χ2v) is 7.96. The highest BCUT2D eigenvalue weighted by Gasteiger charge is 2.35. The van der Waals surface area contributed by atoms with Crippen LogP contribution in [0.2, 0.25) is 0 Å². The van der Waals surface area contributed by atoms with Crippen LogP contribution >= 0.6 is 0 Å². The molecule has 31 heavy (non-hydrogen) atoms. The van der Waals surface area contributed by atoms with Crippen LogP contribution in [0.3, 0.4) is 0 Å². The Morgan fingerprint density at radius 3 is 1.52 bits per heavy atom. The van der Waals surface area contributed by atoms with E-state index in [-0.39, 0.29) is 0 Å². The first-order valence-electron chi connectivity index (χ1n) is 10.2. The molecule has 3 aromatic rings. The van der Waals surface area contributed by atoms with Gasteiger partial charge in [0.05, 0.1) is 0 Å².